The van der Waals surface area contributed by atoms with Crippen LogP contribution in [0.1, 0.15) is 20.7 Å². The summed E-state index contributed by atoms with van der Waals surface area (Å²) in [6.45, 7) is 0.191. The van der Waals surface area contributed by atoms with E-state index < -0.39 is 0 Å². The van der Waals surface area contributed by atoms with Crippen LogP contribution in [0.5, 0.6) is 0 Å². The lowest BCUT2D eigenvalue weighted by molar-refractivity contribution is 0.0670. The SMILES string of the molecule is CN/C=C(\S)CN1C(=O)c2ccccc2C1=O. The summed E-state index contributed by atoms with van der Waals surface area (Å²) in [5, 5.41) is 2.80. The van der Waals surface area contributed by atoms with E-state index in [1.807, 2.05) is 0 Å². The summed E-state index contributed by atoms with van der Waals surface area (Å²) >= 11 is 4.20. The third-order valence-electron chi connectivity index (χ3n) is 2.51. The van der Waals surface area contributed by atoms with Crippen LogP contribution >= 0.6 is 12.6 Å². The first-order valence-corrected chi connectivity index (χ1v) is 5.60. The first-order valence-electron chi connectivity index (χ1n) is 5.15. The predicted octanol–water partition coefficient (Wildman–Crippen LogP) is 1.27. The highest BCUT2D eigenvalue weighted by atomic mass is 32.1. The van der Waals surface area contributed by atoms with Crippen LogP contribution in [-0.4, -0.2) is 30.3 Å². The van der Waals surface area contributed by atoms with Gasteiger partial charge in [-0.05, 0) is 12.1 Å². The van der Waals surface area contributed by atoms with Crippen LogP contribution in [-0.2, 0) is 0 Å². The molecule has 1 aliphatic rings. The number of nitrogens with zero attached hydrogens (tertiary/aromatic N) is 1. The zero-order valence-corrected chi connectivity index (χ0v) is 10.2. The molecule has 0 bridgehead atoms. The zero-order chi connectivity index (χ0) is 12.4. The minimum absolute atomic E-state index is 0.191. The van der Waals surface area contributed by atoms with Crippen LogP contribution in [0.15, 0.2) is 35.4 Å². The van der Waals surface area contributed by atoms with E-state index in [4.69, 9.17) is 0 Å². The smallest absolute Gasteiger partial charge is 0.261 e. The Hall–Kier alpha value is -1.75. The van der Waals surface area contributed by atoms with Crippen molar-refractivity contribution in [2.24, 2.45) is 0 Å². The third-order valence-corrected chi connectivity index (χ3v) is 2.78. The van der Waals surface area contributed by atoms with Crippen molar-refractivity contribution in [3.8, 4) is 0 Å². The van der Waals surface area contributed by atoms with Crippen molar-refractivity contribution in [1.29, 1.82) is 0 Å². The Bertz CT molecular complexity index is 476. The van der Waals surface area contributed by atoms with Gasteiger partial charge in [0.05, 0.1) is 17.7 Å². The Kier molecular flexibility index (Phi) is 3.19. The van der Waals surface area contributed by atoms with Crippen molar-refractivity contribution in [2.45, 2.75) is 0 Å². The fourth-order valence-electron chi connectivity index (χ4n) is 1.76. The van der Waals surface area contributed by atoms with Gasteiger partial charge in [0.15, 0.2) is 0 Å². The quantitative estimate of drug-likeness (QED) is 0.625. The predicted molar refractivity (Wildman–Crippen MR) is 67.9 cm³/mol. The van der Waals surface area contributed by atoms with Gasteiger partial charge in [0.25, 0.3) is 11.8 Å². The maximum absolute atomic E-state index is 12.0. The van der Waals surface area contributed by atoms with Crippen LogP contribution in [0.2, 0.25) is 0 Å². The molecule has 1 aromatic carbocycles. The molecule has 88 valence electrons. The standard InChI is InChI=1S/C12H12N2O2S/c1-13-6-8(17)7-14-11(15)9-4-2-3-5-10(9)12(14)16/h2-6,13,17H,7H2,1H3/b8-6-. The van der Waals surface area contributed by atoms with Crippen LogP contribution in [0.3, 0.4) is 0 Å². The highest BCUT2D eigenvalue weighted by molar-refractivity contribution is 7.84. The van der Waals surface area contributed by atoms with E-state index in [1.54, 1.807) is 37.5 Å². The lowest BCUT2D eigenvalue weighted by Gasteiger charge is -2.13. The van der Waals surface area contributed by atoms with Gasteiger partial charge in [-0.3, -0.25) is 14.5 Å². The van der Waals surface area contributed by atoms with Crippen LogP contribution < -0.4 is 5.32 Å². The minimum atomic E-state index is -0.262. The van der Waals surface area contributed by atoms with E-state index in [9.17, 15) is 9.59 Å². The molecule has 0 unspecified atom stereocenters. The van der Waals surface area contributed by atoms with Crippen molar-refractivity contribution < 1.29 is 9.59 Å². The molecular formula is C12H12N2O2S. The average molecular weight is 248 g/mol. The molecule has 0 saturated carbocycles. The normalized spacial score (nSPS) is 15.2. The largest absolute Gasteiger partial charge is 0.393 e. The monoisotopic (exact) mass is 248 g/mol. The summed E-state index contributed by atoms with van der Waals surface area (Å²) in [6.07, 6.45) is 1.65. The van der Waals surface area contributed by atoms with E-state index in [2.05, 4.69) is 17.9 Å². The van der Waals surface area contributed by atoms with Gasteiger partial charge < -0.3 is 5.32 Å². The van der Waals surface area contributed by atoms with Gasteiger partial charge in [0, 0.05) is 18.2 Å². The molecule has 0 radical (unpaired) electrons. The molecule has 17 heavy (non-hydrogen) atoms. The van der Waals surface area contributed by atoms with E-state index in [0.29, 0.717) is 16.0 Å². The summed E-state index contributed by atoms with van der Waals surface area (Å²) < 4.78 is 0. The lowest BCUT2D eigenvalue weighted by atomic mass is 10.1. The summed E-state index contributed by atoms with van der Waals surface area (Å²) in [6, 6.07) is 6.82. The Balaban J connectivity index is 2.28. The number of fused-ring (bicyclic) bond motifs is 1. The van der Waals surface area contributed by atoms with Gasteiger partial charge >= 0.3 is 0 Å². The van der Waals surface area contributed by atoms with Gasteiger partial charge in [-0.1, -0.05) is 12.1 Å². The lowest BCUT2D eigenvalue weighted by Crippen LogP contribution is -2.31. The second kappa shape index (κ2) is 4.63. The van der Waals surface area contributed by atoms with Crippen molar-refractivity contribution in [2.75, 3.05) is 13.6 Å². The molecular weight excluding hydrogens is 236 g/mol. The summed E-state index contributed by atoms with van der Waals surface area (Å²) in [7, 11) is 1.73. The fraction of sp³-hybridized carbons (Fsp3) is 0.167. The molecule has 4 nitrogen and oxygen atoms in total. The highest BCUT2D eigenvalue weighted by Gasteiger charge is 2.34. The number of carbonyl (C=O) groups excluding carboxylic acids is 2. The fourth-order valence-corrected chi connectivity index (χ4v) is 2.03. The van der Waals surface area contributed by atoms with Crippen molar-refractivity contribution in [1.82, 2.24) is 10.2 Å². The Labute approximate surface area is 105 Å². The first kappa shape index (κ1) is 11.7. The van der Waals surface area contributed by atoms with Crippen LogP contribution in [0.25, 0.3) is 0 Å². The molecule has 1 aliphatic heterocycles. The first-order chi connectivity index (χ1) is 8.15. The van der Waals surface area contributed by atoms with Crippen molar-refractivity contribution >= 4 is 24.4 Å². The molecule has 5 heteroatoms. The molecule has 2 rings (SSSR count). The molecule has 0 spiro atoms. The molecule has 0 aromatic heterocycles. The van der Waals surface area contributed by atoms with E-state index >= 15 is 0 Å². The number of amides is 2. The third kappa shape index (κ3) is 2.06. The molecule has 0 aliphatic carbocycles. The molecule has 1 aromatic rings. The minimum Gasteiger partial charge on any atom is -0.393 e. The van der Waals surface area contributed by atoms with Crippen LogP contribution in [0, 0.1) is 0 Å². The number of rotatable bonds is 3. The number of benzene rings is 1. The summed E-state index contributed by atoms with van der Waals surface area (Å²) in [5.41, 5.74) is 0.922. The molecule has 1 heterocycles. The maximum Gasteiger partial charge on any atom is 0.261 e. The number of hydrogen-bond donors (Lipinski definition) is 2. The second-order valence-electron chi connectivity index (χ2n) is 3.67. The average Bonchev–Trinajstić information content (AvgIpc) is 2.56. The Morgan fingerprint density at radius 1 is 1.29 bits per heavy atom. The topological polar surface area (TPSA) is 49.4 Å². The summed E-state index contributed by atoms with van der Waals surface area (Å²) in [4.78, 5) is 25.8. The molecule has 0 atom stereocenters. The van der Waals surface area contributed by atoms with E-state index in [0.717, 1.165) is 0 Å². The van der Waals surface area contributed by atoms with Gasteiger partial charge in [-0.25, -0.2) is 0 Å². The number of carbonyl (C=O) groups is 2. The highest BCUT2D eigenvalue weighted by Crippen LogP contribution is 2.23. The van der Waals surface area contributed by atoms with Crippen molar-refractivity contribution in [3.63, 3.8) is 0 Å². The number of hydrogen-bond acceptors (Lipinski definition) is 4. The van der Waals surface area contributed by atoms with Gasteiger partial charge in [0.2, 0.25) is 0 Å². The molecule has 0 saturated heterocycles. The van der Waals surface area contributed by atoms with E-state index in [-0.39, 0.29) is 18.4 Å². The molecule has 0 fully saturated rings. The van der Waals surface area contributed by atoms with Crippen molar-refractivity contribution in [3.05, 3.63) is 46.5 Å². The molecule has 2 amide bonds. The number of nitrogens with one attached hydrogen (secondary N) is 1. The Morgan fingerprint density at radius 2 is 1.82 bits per heavy atom. The molecule has 1 N–H and O–H groups in total. The summed E-state index contributed by atoms with van der Waals surface area (Å²) in [5.74, 6) is -0.525. The van der Waals surface area contributed by atoms with Gasteiger partial charge in [-0.15, -0.1) is 12.6 Å². The van der Waals surface area contributed by atoms with Crippen LogP contribution in [0.4, 0.5) is 0 Å². The maximum atomic E-state index is 12.0. The second-order valence-corrected chi connectivity index (χ2v) is 4.24. The number of thiol groups is 1. The number of imide groups is 1. The zero-order valence-electron chi connectivity index (χ0n) is 9.30. The van der Waals surface area contributed by atoms with Gasteiger partial charge in [0.1, 0.15) is 0 Å². The van der Waals surface area contributed by atoms with E-state index in [1.165, 1.54) is 4.90 Å². The van der Waals surface area contributed by atoms with Gasteiger partial charge in [-0.2, -0.15) is 0 Å². The Morgan fingerprint density at radius 3 is 2.29 bits per heavy atom.